The Morgan fingerprint density at radius 2 is 0.822 bits per heavy atom. The van der Waals surface area contributed by atoms with Crippen molar-refractivity contribution in [3.8, 4) is 22.3 Å². The molecule has 9 aromatic rings. The number of hydrogen-bond acceptors (Lipinski definition) is 3. The van der Waals surface area contributed by atoms with Crippen LogP contribution in [0.25, 0.3) is 66.1 Å². The van der Waals surface area contributed by atoms with Crippen LogP contribution in [0.3, 0.4) is 0 Å². The first-order chi connectivity index (χ1) is 22.3. The lowest BCUT2D eigenvalue weighted by Crippen LogP contribution is -2.10. The molecular formula is C42H27NO2. The molecule has 9 rings (SSSR count). The van der Waals surface area contributed by atoms with Gasteiger partial charge in [0.25, 0.3) is 0 Å². The summed E-state index contributed by atoms with van der Waals surface area (Å²) in [5, 5.41) is 4.32. The molecule has 0 amide bonds. The molecule has 7 aromatic carbocycles. The predicted octanol–water partition coefficient (Wildman–Crippen LogP) is 12.3. The summed E-state index contributed by atoms with van der Waals surface area (Å²) in [6.07, 6.45) is 0. The molecule has 0 spiro atoms. The number of nitrogens with zero attached hydrogens (tertiary/aromatic N) is 1. The van der Waals surface area contributed by atoms with Crippen LogP contribution in [-0.2, 0) is 0 Å². The summed E-state index contributed by atoms with van der Waals surface area (Å²) in [7, 11) is 0. The molecule has 2 heterocycles. The second-order valence-corrected chi connectivity index (χ2v) is 11.3. The van der Waals surface area contributed by atoms with Gasteiger partial charge in [-0.1, -0.05) is 115 Å². The number of furan rings is 2. The van der Waals surface area contributed by atoms with Crippen LogP contribution < -0.4 is 4.90 Å². The van der Waals surface area contributed by atoms with Crippen molar-refractivity contribution in [1.82, 2.24) is 0 Å². The fourth-order valence-corrected chi connectivity index (χ4v) is 6.56. The van der Waals surface area contributed by atoms with Crippen LogP contribution >= 0.6 is 0 Å². The molecule has 0 aliphatic carbocycles. The molecule has 0 radical (unpaired) electrons. The molecule has 0 atom stereocenters. The van der Waals surface area contributed by atoms with Crippen molar-refractivity contribution in [2.45, 2.75) is 0 Å². The maximum absolute atomic E-state index is 6.74. The van der Waals surface area contributed by atoms with Gasteiger partial charge in [0.1, 0.15) is 16.7 Å². The number of benzene rings is 7. The monoisotopic (exact) mass is 577 g/mol. The van der Waals surface area contributed by atoms with Crippen molar-refractivity contribution in [2.24, 2.45) is 0 Å². The van der Waals surface area contributed by atoms with E-state index in [1.54, 1.807) is 0 Å². The fourth-order valence-electron chi connectivity index (χ4n) is 6.56. The van der Waals surface area contributed by atoms with Gasteiger partial charge in [0.15, 0.2) is 5.58 Å². The highest BCUT2D eigenvalue weighted by molar-refractivity contribution is 6.26. The number of anilines is 3. The normalized spacial score (nSPS) is 11.6. The second kappa shape index (κ2) is 10.3. The van der Waals surface area contributed by atoms with Gasteiger partial charge in [-0.05, 0) is 70.8 Å². The van der Waals surface area contributed by atoms with Crippen molar-refractivity contribution in [2.75, 3.05) is 4.90 Å². The van der Waals surface area contributed by atoms with Gasteiger partial charge in [-0.2, -0.15) is 0 Å². The third-order valence-electron chi connectivity index (χ3n) is 8.69. The molecule has 0 bridgehead atoms. The van der Waals surface area contributed by atoms with E-state index >= 15 is 0 Å². The number of hydrogen-bond donors (Lipinski definition) is 0. The Kier molecular flexibility index (Phi) is 5.82. The zero-order valence-electron chi connectivity index (χ0n) is 24.4. The van der Waals surface area contributed by atoms with E-state index in [4.69, 9.17) is 8.83 Å². The quantitative estimate of drug-likeness (QED) is 0.204. The Morgan fingerprint density at radius 3 is 1.44 bits per heavy atom. The first kappa shape index (κ1) is 25.4. The van der Waals surface area contributed by atoms with Crippen molar-refractivity contribution in [3.63, 3.8) is 0 Å². The minimum absolute atomic E-state index is 0.838. The van der Waals surface area contributed by atoms with Gasteiger partial charge >= 0.3 is 0 Å². The SMILES string of the molecule is c1ccc(-c2ccc(N(c3ccc(-c4ccccc4)cc3)c3cccc4c3oc3ccc5oc6ccccc6c5c34)cc2)cc1. The molecule has 0 unspecified atom stereocenters. The van der Waals surface area contributed by atoms with Crippen LogP contribution in [0, 0.1) is 0 Å². The first-order valence-electron chi connectivity index (χ1n) is 15.2. The summed E-state index contributed by atoms with van der Waals surface area (Å²) in [5.41, 5.74) is 11.2. The minimum atomic E-state index is 0.838. The lowest BCUT2D eigenvalue weighted by atomic mass is 10.0. The second-order valence-electron chi connectivity index (χ2n) is 11.3. The van der Waals surface area contributed by atoms with Crippen LogP contribution in [0.2, 0.25) is 0 Å². The molecule has 45 heavy (non-hydrogen) atoms. The van der Waals surface area contributed by atoms with Gasteiger partial charge < -0.3 is 13.7 Å². The van der Waals surface area contributed by atoms with Crippen LogP contribution in [0.4, 0.5) is 17.1 Å². The zero-order valence-corrected chi connectivity index (χ0v) is 24.4. The van der Waals surface area contributed by atoms with Crippen LogP contribution in [0.1, 0.15) is 0 Å². The lowest BCUT2D eigenvalue weighted by Gasteiger charge is -2.26. The van der Waals surface area contributed by atoms with Crippen LogP contribution in [0.15, 0.2) is 173 Å². The highest BCUT2D eigenvalue weighted by Gasteiger charge is 2.22. The van der Waals surface area contributed by atoms with Gasteiger partial charge in [-0.15, -0.1) is 0 Å². The summed E-state index contributed by atoms with van der Waals surface area (Å²) >= 11 is 0. The first-order valence-corrected chi connectivity index (χ1v) is 15.2. The lowest BCUT2D eigenvalue weighted by molar-refractivity contribution is 0.663. The van der Waals surface area contributed by atoms with E-state index < -0.39 is 0 Å². The third-order valence-corrected chi connectivity index (χ3v) is 8.69. The molecule has 0 fully saturated rings. The molecule has 0 N–H and O–H groups in total. The van der Waals surface area contributed by atoms with E-state index in [9.17, 15) is 0 Å². The molecule has 0 aliphatic heterocycles. The number of rotatable bonds is 5. The maximum atomic E-state index is 6.74. The summed E-state index contributed by atoms with van der Waals surface area (Å²) in [6.45, 7) is 0. The standard InChI is InChI=1S/C42H27NO2/c1-3-10-28(11-4-1)30-18-22-32(23-19-30)43(33-24-20-31(21-25-33)29-12-5-2-6-13-29)36-16-9-15-35-41-39(45-42(35)36)27-26-38-40(41)34-14-7-8-17-37(34)44-38/h1-27H. The van der Waals surface area contributed by atoms with Crippen LogP contribution in [0.5, 0.6) is 0 Å². The molecule has 0 aliphatic rings. The van der Waals surface area contributed by atoms with Gasteiger partial charge in [0, 0.05) is 32.9 Å². The molecular weight excluding hydrogens is 550 g/mol. The van der Waals surface area contributed by atoms with E-state index in [1.807, 2.05) is 36.4 Å². The fraction of sp³-hybridized carbons (Fsp3) is 0. The Labute approximate surface area is 260 Å². The molecule has 0 saturated carbocycles. The van der Waals surface area contributed by atoms with E-state index in [0.29, 0.717) is 0 Å². The third kappa shape index (κ3) is 4.21. The van der Waals surface area contributed by atoms with Crippen molar-refractivity contribution in [3.05, 3.63) is 164 Å². The van der Waals surface area contributed by atoms with Gasteiger partial charge in [-0.3, -0.25) is 0 Å². The minimum Gasteiger partial charge on any atom is -0.456 e. The summed E-state index contributed by atoms with van der Waals surface area (Å²) in [5.74, 6) is 0. The Balaban J connectivity index is 1.26. The van der Waals surface area contributed by atoms with E-state index in [-0.39, 0.29) is 0 Å². The maximum Gasteiger partial charge on any atom is 0.159 e. The van der Waals surface area contributed by atoms with E-state index in [0.717, 1.165) is 60.9 Å². The van der Waals surface area contributed by atoms with Crippen molar-refractivity contribution >= 4 is 60.9 Å². The topological polar surface area (TPSA) is 29.5 Å². The van der Waals surface area contributed by atoms with Crippen molar-refractivity contribution < 1.29 is 8.83 Å². The highest BCUT2D eigenvalue weighted by atomic mass is 16.3. The molecule has 3 nitrogen and oxygen atoms in total. The van der Waals surface area contributed by atoms with Crippen LogP contribution in [-0.4, -0.2) is 0 Å². The molecule has 212 valence electrons. The Morgan fingerprint density at radius 1 is 0.333 bits per heavy atom. The van der Waals surface area contributed by atoms with E-state index in [2.05, 4.69) is 132 Å². The Hall–Kier alpha value is -6.06. The molecule has 3 heteroatoms. The van der Waals surface area contributed by atoms with Gasteiger partial charge in [0.2, 0.25) is 0 Å². The Bertz CT molecular complexity index is 2370. The average Bonchev–Trinajstić information content (AvgIpc) is 3.68. The number of para-hydroxylation sites is 2. The summed E-state index contributed by atoms with van der Waals surface area (Å²) in [6, 6.07) is 57.2. The predicted molar refractivity (Wildman–Crippen MR) is 187 cm³/mol. The van der Waals surface area contributed by atoms with Gasteiger partial charge in [-0.25, -0.2) is 0 Å². The van der Waals surface area contributed by atoms with Crippen molar-refractivity contribution in [1.29, 1.82) is 0 Å². The average molecular weight is 578 g/mol. The number of fused-ring (bicyclic) bond motifs is 7. The summed E-state index contributed by atoms with van der Waals surface area (Å²) in [4.78, 5) is 2.29. The summed E-state index contributed by atoms with van der Waals surface area (Å²) < 4.78 is 13.0. The molecule has 0 saturated heterocycles. The largest absolute Gasteiger partial charge is 0.456 e. The molecule has 2 aromatic heterocycles. The smallest absolute Gasteiger partial charge is 0.159 e. The zero-order chi connectivity index (χ0) is 29.7. The highest BCUT2D eigenvalue weighted by Crippen LogP contribution is 2.45. The van der Waals surface area contributed by atoms with Gasteiger partial charge in [0.05, 0.1) is 5.69 Å². The van der Waals surface area contributed by atoms with E-state index in [1.165, 1.54) is 22.3 Å².